The van der Waals surface area contributed by atoms with Crippen molar-refractivity contribution in [3.05, 3.63) is 52.0 Å². The highest BCUT2D eigenvalue weighted by atomic mass is 79.9. The standard InChI is InChI=1S/C17H20BrNO2/c1-11-5-6-13(18)9-16(11)19-12(2)15-8-7-14(20-3)10-17(15)21-4/h5-10,12,19H,1-4H3. The van der Waals surface area contributed by atoms with Crippen LogP contribution in [0.25, 0.3) is 0 Å². The molecule has 0 aliphatic heterocycles. The van der Waals surface area contributed by atoms with Crippen molar-refractivity contribution < 1.29 is 9.47 Å². The summed E-state index contributed by atoms with van der Waals surface area (Å²) in [6.45, 7) is 4.21. The number of nitrogens with one attached hydrogen (secondary N) is 1. The van der Waals surface area contributed by atoms with Gasteiger partial charge < -0.3 is 14.8 Å². The summed E-state index contributed by atoms with van der Waals surface area (Å²) in [6, 6.07) is 12.2. The first-order chi connectivity index (χ1) is 10.0. The van der Waals surface area contributed by atoms with E-state index in [4.69, 9.17) is 9.47 Å². The molecule has 2 aromatic rings. The van der Waals surface area contributed by atoms with Gasteiger partial charge in [0.1, 0.15) is 11.5 Å². The molecule has 0 radical (unpaired) electrons. The van der Waals surface area contributed by atoms with Gasteiger partial charge in [-0.15, -0.1) is 0 Å². The van der Waals surface area contributed by atoms with Gasteiger partial charge in [-0.05, 0) is 43.7 Å². The quantitative estimate of drug-likeness (QED) is 0.828. The Morgan fingerprint density at radius 1 is 1.05 bits per heavy atom. The molecule has 0 aliphatic rings. The Balaban J connectivity index is 2.27. The Hall–Kier alpha value is -1.68. The van der Waals surface area contributed by atoms with Gasteiger partial charge in [0.25, 0.3) is 0 Å². The Bertz CT molecular complexity index is 628. The largest absolute Gasteiger partial charge is 0.497 e. The van der Waals surface area contributed by atoms with Crippen LogP contribution < -0.4 is 14.8 Å². The Morgan fingerprint density at radius 3 is 2.48 bits per heavy atom. The summed E-state index contributed by atoms with van der Waals surface area (Å²) in [7, 11) is 3.33. The molecule has 3 nitrogen and oxygen atoms in total. The molecular formula is C17H20BrNO2. The zero-order valence-corrected chi connectivity index (χ0v) is 14.3. The SMILES string of the molecule is COc1ccc(C(C)Nc2cc(Br)ccc2C)c(OC)c1. The molecule has 21 heavy (non-hydrogen) atoms. The molecule has 112 valence electrons. The van der Waals surface area contributed by atoms with Crippen molar-refractivity contribution in [1.82, 2.24) is 0 Å². The molecule has 0 heterocycles. The molecule has 1 atom stereocenters. The molecule has 2 rings (SSSR count). The minimum Gasteiger partial charge on any atom is -0.497 e. The van der Waals surface area contributed by atoms with Crippen LogP contribution in [0.3, 0.4) is 0 Å². The molecule has 0 saturated carbocycles. The first-order valence-corrected chi connectivity index (χ1v) is 7.59. The van der Waals surface area contributed by atoms with Crippen molar-refractivity contribution in [3.8, 4) is 11.5 Å². The third kappa shape index (κ3) is 3.70. The van der Waals surface area contributed by atoms with E-state index in [-0.39, 0.29) is 6.04 Å². The van der Waals surface area contributed by atoms with Crippen molar-refractivity contribution in [2.24, 2.45) is 0 Å². The molecule has 0 aromatic heterocycles. The second-order valence-electron chi connectivity index (χ2n) is 4.93. The second-order valence-corrected chi connectivity index (χ2v) is 5.85. The van der Waals surface area contributed by atoms with Crippen LogP contribution >= 0.6 is 15.9 Å². The third-order valence-electron chi connectivity index (χ3n) is 3.48. The summed E-state index contributed by atoms with van der Waals surface area (Å²) >= 11 is 3.51. The van der Waals surface area contributed by atoms with Gasteiger partial charge in [0, 0.05) is 21.8 Å². The number of hydrogen-bond donors (Lipinski definition) is 1. The van der Waals surface area contributed by atoms with Crippen LogP contribution in [0.1, 0.15) is 24.1 Å². The average molecular weight is 350 g/mol. The number of anilines is 1. The maximum absolute atomic E-state index is 5.47. The summed E-state index contributed by atoms with van der Waals surface area (Å²) in [5.74, 6) is 1.61. The van der Waals surface area contributed by atoms with Crippen LogP contribution in [-0.4, -0.2) is 14.2 Å². The van der Waals surface area contributed by atoms with Gasteiger partial charge in [0.2, 0.25) is 0 Å². The average Bonchev–Trinajstić information content (AvgIpc) is 2.50. The van der Waals surface area contributed by atoms with Crippen LogP contribution in [0, 0.1) is 6.92 Å². The fourth-order valence-electron chi connectivity index (χ4n) is 2.24. The van der Waals surface area contributed by atoms with Crippen molar-refractivity contribution >= 4 is 21.6 Å². The molecule has 1 N–H and O–H groups in total. The number of benzene rings is 2. The zero-order valence-electron chi connectivity index (χ0n) is 12.7. The molecule has 0 amide bonds. The Kier molecular flexibility index (Phi) is 5.12. The number of halogens is 1. The maximum atomic E-state index is 5.47. The predicted molar refractivity (Wildman–Crippen MR) is 90.5 cm³/mol. The first-order valence-electron chi connectivity index (χ1n) is 6.79. The van der Waals surface area contributed by atoms with Gasteiger partial charge in [-0.2, -0.15) is 0 Å². The molecule has 1 unspecified atom stereocenters. The Labute approximate surface area is 134 Å². The minimum atomic E-state index is 0.124. The topological polar surface area (TPSA) is 30.5 Å². The van der Waals surface area contributed by atoms with Crippen molar-refractivity contribution in [2.75, 3.05) is 19.5 Å². The summed E-state index contributed by atoms with van der Waals surface area (Å²) in [4.78, 5) is 0. The highest BCUT2D eigenvalue weighted by Gasteiger charge is 2.13. The van der Waals surface area contributed by atoms with Crippen molar-refractivity contribution in [3.63, 3.8) is 0 Å². The monoisotopic (exact) mass is 349 g/mol. The van der Waals surface area contributed by atoms with Gasteiger partial charge in [-0.1, -0.05) is 22.0 Å². The van der Waals surface area contributed by atoms with Gasteiger partial charge in [-0.25, -0.2) is 0 Å². The highest BCUT2D eigenvalue weighted by Crippen LogP contribution is 2.32. The summed E-state index contributed by atoms with van der Waals surface area (Å²) in [6.07, 6.45) is 0. The number of aryl methyl sites for hydroxylation is 1. The van der Waals surface area contributed by atoms with Crippen molar-refractivity contribution in [2.45, 2.75) is 19.9 Å². The van der Waals surface area contributed by atoms with Crippen LogP contribution in [0.5, 0.6) is 11.5 Å². The molecule has 0 saturated heterocycles. The summed E-state index contributed by atoms with van der Waals surface area (Å²) in [5.41, 5.74) is 3.41. The fourth-order valence-corrected chi connectivity index (χ4v) is 2.60. The lowest BCUT2D eigenvalue weighted by Gasteiger charge is -2.20. The summed E-state index contributed by atoms with van der Waals surface area (Å²) in [5, 5.41) is 3.53. The van der Waals surface area contributed by atoms with Crippen LogP contribution in [0.4, 0.5) is 5.69 Å². The summed E-state index contributed by atoms with van der Waals surface area (Å²) < 4.78 is 11.8. The zero-order chi connectivity index (χ0) is 15.4. The lowest BCUT2D eigenvalue weighted by molar-refractivity contribution is 0.390. The lowest BCUT2D eigenvalue weighted by atomic mass is 10.1. The van der Waals surface area contributed by atoms with E-state index in [0.717, 1.165) is 27.2 Å². The van der Waals surface area contributed by atoms with E-state index < -0.39 is 0 Å². The van der Waals surface area contributed by atoms with E-state index in [1.165, 1.54) is 5.56 Å². The molecular weight excluding hydrogens is 330 g/mol. The second kappa shape index (κ2) is 6.85. The minimum absolute atomic E-state index is 0.124. The Morgan fingerprint density at radius 2 is 1.81 bits per heavy atom. The number of methoxy groups -OCH3 is 2. The van der Waals surface area contributed by atoms with Gasteiger partial charge in [0.05, 0.1) is 20.3 Å². The third-order valence-corrected chi connectivity index (χ3v) is 3.97. The van der Waals surface area contributed by atoms with E-state index in [0.29, 0.717) is 0 Å². The van der Waals surface area contributed by atoms with Crippen LogP contribution in [0.2, 0.25) is 0 Å². The number of ether oxygens (including phenoxy) is 2. The molecule has 2 aromatic carbocycles. The maximum Gasteiger partial charge on any atom is 0.127 e. The van der Waals surface area contributed by atoms with E-state index in [2.05, 4.69) is 47.2 Å². The van der Waals surface area contributed by atoms with E-state index in [1.807, 2.05) is 24.3 Å². The van der Waals surface area contributed by atoms with Gasteiger partial charge >= 0.3 is 0 Å². The molecule has 0 aliphatic carbocycles. The highest BCUT2D eigenvalue weighted by molar-refractivity contribution is 9.10. The number of hydrogen-bond acceptors (Lipinski definition) is 3. The van der Waals surface area contributed by atoms with Crippen LogP contribution in [-0.2, 0) is 0 Å². The van der Waals surface area contributed by atoms with E-state index in [9.17, 15) is 0 Å². The number of rotatable bonds is 5. The van der Waals surface area contributed by atoms with E-state index >= 15 is 0 Å². The van der Waals surface area contributed by atoms with Gasteiger partial charge in [0.15, 0.2) is 0 Å². The van der Waals surface area contributed by atoms with E-state index in [1.54, 1.807) is 14.2 Å². The molecule has 4 heteroatoms. The first kappa shape index (κ1) is 15.7. The van der Waals surface area contributed by atoms with Crippen LogP contribution in [0.15, 0.2) is 40.9 Å². The smallest absolute Gasteiger partial charge is 0.127 e. The lowest BCUT2D eigenvalue weighted by Crippen LogP contribution is -2.09. The van der Waals surface area contributed by atoms with Gasteiger partial charge in [-0.3, -0.25) is 0 Å². The van der Waals surface area contributed by atoms with Crippen molar-refractivity contribution in [1.29, 1.82) is 0 Å². The molecule has 0 fully saturated rings. The normalized spacial score (nSPS) is 11.9. The fraction of sp³-hybridized carbons (Fsp3) is 0.294. The predicted octanol–water partition coefficient (Wildman–Crippen LogP) is 4.95. The molecule has 0 spiro atoms. The molecule has 0 bridgehead atoms.